The Balaban J connectivity index is 1.55. The van der Waals surface area contributed by atoms with Gasteiger partial charge in [-0.1, -0.05) is 77.1 Å². The highest BCUT2D eigenvalue weighted by Crippen LogP contribution is 2.42. The third kappa shape index (κ3) is 5.67. The fourth-order valence-corrected chi connectivity index (χ4v) is 5.75. The van der Waals surface area contributed by atoms with Crippen molar-refractivity contribution in [2.24, 2.45) is 5.10 Å². The van der Waals surface area contributed by atoms with Gasteiger partial charge in [0.25, 0.3) is 5.56 Å². The molecule has 0 amide bonds. The Morgan fingerprint density at radius 3 is 2.61 bits per heavy atom. The van der Waals surface area contributed by atoms with Crippen LogP contribution in [0.5, 0.6) is 11.5 Å². The van der Waals surface area contributed by atoms with Crippen LogP contribution in [0.1, 0.15) is 55.0 Å². The second-order valence-electron chi connectivity index (χ2n) is 9.23. The molecule has 5 rings (SSSR count). The summed E-state index contributed by atoms with van der Waals surface area (Å²) in [6.07, 6.45) is 7.02. The summed E-state index contributed by atoms with van der Waals surface area (Å²) in [6.45, 7) is 0.343. The first-order valence-electron chi connectivity index (χ1n) is 12.5. The van der Waals surface area contributed by atoms with Gasteiger partial charge in [0.15, 0.2) is 11.5 Å². The molecule has 0 radical (unpaired) electrons. The number of halogens is 3. The number of ether oxygens (including phenoxy) is 2. The van der Waals surface area contributed by atoms with Crippen molar-refractivity contribution in [2.75, 3.05) is 7.11 Å². The summed E-state index contributed by atoms with van der Waals surface area (Å²) < 4.78 is 14.5. The molecule has 1 saturated carbocycles. The van der Waals surface area contributed by atoms with Crippen molar-refractivity contribution in [3.8, 4) is 11.5 Å². The summed E-state index contributed by atoms with van der Waals surface area (Å²) in [4.78, 5) is 18.5. The van der Waals surface area contributed by atoms with Crippen LogP contribution in [0, 0.1) is 0 Å². The first-order chi connectivity index (χ1) is 18.5. The lowest BCUT2D eigenvalue weighted by Gasteiger charge is -2.22. The van der Waals surface area contributed by atoms with Crippen molar-refractivity contribution in [2.45, 2.75) is 44.6 Å². The van der Waals surface area contributed by atoms with Crippen molar-refractivity contribution in [1.82, 2.24) is 9.66 Å². The van der Waals surface area contributed by atoms with Gasteiger partial charge in [0.05, 0.1) is 24.2 Å². The van der Waals surface area contributed by atoms with E-state index in [9.17, 15) is 4.79 Å². The molecule has 9 heteroatoms. The first-order valence-corrected chi connectivity index (χ1v) is 14.4. The zero-order chi connectivity index (χ0) is 26.6. The Bertz CT molecular complexity index is 1550. The molecule has 4 aromatic rings. The van der Waals surface area contributed by atoms with Gasteiger partial charge in [0.1, 0.15) is 17.5 Å². The lowest BCUT2D eigenvalue weighted by atomic mass is 9.88. The van der Waals surface area contributed by atoms with E-state index in [-0.39, 0.29) is 11.5 Å². The number of benzene rings is 3. The van der Waals surface area contributed by atoms with Gasteiger partial charge in [0, 0.05) is 20.4 Å². The van der Waals surface area contributed by atoms with Crippen LogP contribution >= 0.6 is 43.5 Å². The first kappa shape index (κ1) is 26.9. The van der Waals surface area contributed by atoms with E-state index in [4.69, 9.17) is 26.1 Å². The van der Waals surface area contributed by atoms with Gasteiger partial charge in [-0.2, -0.15) is 9.78 Å². The highest BCUT2D eigenvalue weighted by atomic mass is 79.9. The van der Waals surface area contributed by atoms with Crippen molar-refractivity contribution in [1.29, 1.82) is 0 Å². The number of fused-ring (bicyclic) bond motifs is 1. The lowest BCUT2D eigenvalue weighted by molar-refractivity contribution is 0.284. The highest BCUT2D eigenvalue weighted by Gasteiger charge is 2.23. The van der Waals surface area contributed by atoms with E-state index in [1.165, 1.54) is 11.1 Å². The quantitative estimate of drug-likeness (QED) is 0.188. The van der Waals surface area contributed by atoms with Gasteiger partial charge in [-0.25, -0.2) is 4.98 Å². The molecular weight excluding hydrogens is 634 g/mol. The van der Waals surface area contributed by atoms with E-state index >= 15 is 0 Å². The van der Waals surface area contributed by atoms with Crippen LogP contribution in [0.4, 0.5) is 0 Å². The molecule has 1 heterocycles. The van der Waals surface area contributed by atoms with Crippen LogP contribution in [-0.4, -0.2) is 23.0 Å². The molecule has 0 bridgehead atoms. The summed E-state index contributed by atoms with van der Waals surface area (Å²) in [5.41, 5.74) is 2.13. The topological polar surface area (TPSA) is 65.7 Å². The number of methoxy groups -OCH3 is 1. The zero-order valence-electron chi connectivity index (χ0n) is 20.8. The maximum Gasteiger partial charge on any atom is 0.282 e. The van der Waals surface area contributed by atoms with Gasteiger partial charge in [-0.3, -0.25) is 4.79 Å². The smallest absolute Gasteiger partial charge is 0.282 e. The Kier molecular flexibility index (Phi) is 8.51. The average molecular weight is 660 g/mol. The van der Waals surface area contributed by atoms with Crippen LogP contribution in [0.25, 0.3) is 10.9 Å². The largest absolute Gasteiger partial charge is 0.493 e. The molecule has 38 heavy (non-hydrogen) atoms. The Morgan fingerprint density at radius 1 is 1.11 bits per heavy atom. The minimum Gasteiger partial charge on any atom is -0.493 e. The van der Waals surface area contributed by atoms with E-state index in [2.05, 4.69) is 37.0 Å². The Labute approximate surface area is 242 Å². The molecule has 1 aliphatic rings. The fourth-order valence-electron chi connectivity index (χ4n) is 4.74. The predicted octanol–water partition coefficient (Wildman–Crippen LogP) is 8.09. The highest BCUT2D eigenvalue weighted by molar-refractivity contribution is 9.10. The molecule has 0 unspecified atom stereocenters. The summed E-state index contributed by atoms with van der Waals surface area (Å²) in [5.74, 6) is 1.77. The van der Waals surface area contributed by atoms with Crippen molar-refractivity contribution < 1.29 is 9.47 Å². The summed E-state index contributed by atoms with van der Waals surface area (Å²) in [6, 6.07) is 17.2. The Morgan fingerprint density at radius 2 is 1.87 bits per heavy atom. The molecule has 3 aromatic carbocycles. The molecule has 0 aliphatic heterocycles. The van der Waals surface area contributed by atoms with E-state index in [0.29, 0.717) is 49.9 Å². The van der Waals surface area contributed by atoms with Crippen LogP contribution < -0.4 is 15.0 Å². The third-order valence-electron chi connectivity index (χ3n) is 6.72. The minimum absolute atomic E-state index is 0.178. The lowest BCUT2D eigenvalue weighted by Crippen LogP contribution is -2.25. The van der Waals surface area contributed by atoms with Crippen LogP contribution in [-0.2, 0) is 6.61 Å². The zero-order valence-corrected chi connectivity index (χ0v) is 24.7. The SMILES string of the molecule is COc1cc(C=Nn2c(C3CCCCC3)nc3ccc(Br)cc3c2=O)c(Br)c(Cl)c1OCc1ccccc1. The average Bonchev–Trinajstić information content (AvgIpc) is 2.95. The maximum absolute atomic E-state index is 13.6. The standard InChI is InChI=1S/C29H26Br2ClN3O3/c1-37-24-14-20(25(31)26(32)27(24)38-17-18-8-4-2-5-9-18)16-33-35-28(19-10-6-3-7-11-19)34-23-13-12-21(30)15-22(23)29(35)36/h2,4-5,8-9,12-16,19H,3,6-7,10-11,17H2,1H3. The molecule has 0 spiro atoms. The van der Waals surface area contributed by atoms with Gasteiger partial charge in [0.2, 0.25) is 0 Å². The van der Waals surface area contributed by atoms with Gasteiger partial charge < -0.3 is 9.47 Å². The van der Waals surface area contributed by atoms with Gasteiger partial charge in [-0.05, 0) is 58.6 Å². The molecular formula is C29H26Br2ClN3O3. The molecule has 1 fully saturated rings. The van der Waals surface area contributed by atoms with Crippen LogP contribution in [0.3, 0.4) is 0 Å². The van der Waals surface area contributed by atoms with Crippen LogP contribution in [0.15, 0.2) is 73.4 Å². The Hall–Kier alpha value is -2.68. The molecule has 0 N–H and O–H groups in total. The number of nitrogens with zero attached hydrogens (tertiary/aromatic N) is 3. The van der Waals surface area contributed by atoms with E-state index in [0.717, 1.165) is 35.7 Å². The molecule has 1 aromatic heterocycles. The summed E-state index contributed by atoms with van der Waals surface area (Å²) >= 11 is 13.8. The van der Waals surface area contributed by atoms with Crippen molar-refractivity contribution >= 4 is 60.6 Å². The predicted molar refractivity (Wildman–Crippen MR) is 159 cm³/mol. The van der Waals surface area contributed by atoms with E-state index in [1.54, 1.807) is 25.5 Å². The number of hydrogen-bond donors (Lipinski definition) is 0. The number of aromatic nitrogens is 2. The molecule has 0 saturated heterocycles. The second kappa shape index (κ2) is 12.0. The fraction of sp³-hybridized carbons (Fsp3) is 0.276. The summed E-state index contributed by atoms with van der Waals surface area (Å²) in [5, 5.41) is 5.52. The minimum atomic E-state index is -0.204. The second-order valence-corrected chi connectivity index (χ2v) is 11.3. The van der Waals surface area contributed by atoms with E-state index in [1.807, 2.05) is 42.5 Å². The van der Waals surface area contributed by atoms with Gasteiger partial charge >= 0.3 is 0 Å². The van der Waals surface area contributed by atoms with Crippen molar-refractivity contribution in [3.63, 3.8) is 0 Å². The van der Waals surface area contributed by atoms with Crippen molar-refractivity contribution in [3.05, 3.63) is 95.9 Å². The maximum atomic E-state index is 13.6. The normalized spacial score (nSPS) is 14.3. The number of hydrogen-bond acceptors (Lipinski definition) is 5. The molecule has 0 atom stereocenters. The van der Waals surface area contributed by atoms with E-state index < -0.39 is 0 Å². The summed E-state index contributed by atoms with van der Waals surface area (Å²) in [7, 11) is 1.56. The third-order valence-corrected chi connectivity index (χ3v) is 8.65. The monoisotopic (exact) mass is 657 g/mol. The van der Waals surface area contributed by atoms with Gasteiger partial charge in [-0.15, -0.1) is 0 Å². The number of rotatable bonds is 7. The van der Waals surface area contributed by atoms with Crippen LogP contribution in [0.2, 0.25) is 5.02 Å². The molecule has 196 valence electrons. The molecule has 6 nitrogen and oxygen atoms in total. The molecule has 1 aliphatic carbocycles.